The quantitative estimate of drug-likeness (QED) is 0.207. The normalized spacial score (nSPS) is 40.6. The maximum atomic E-state index is 12.1. The van der Waals surface area contributed by atoms with Gasteiger partial charge >= 0.3 is 0 Å². The van der Waals surface area contributed by atoms with E-state index in [0.29, 0.717) is 52.7 Å². The van der Waals surface area contributed by atoms with Crippen molar-refractivity contribution in [1.82, 2.24) is 5.32 Å². The summed E-state index contributed by atoms with van der Waals surface area (Å²) in [6, 6.07) is -1.68. The number of nitrogens with one attached hydrogen (secondary N) is 1. The van der Waals surface area contributed by atoms with Gasteiger partial charge in [0.1, 0.15) is 24.4 Å². The molecule has 0 spiro atoms. The molecule has 10 atom stereocenters. The largest absolute Gasteiger partial charge is 0.388 e. The van der Waals surface area contributed by atoms with Crippen LogP contribution >= 0.6 is 0 Å². The Morgan fingerprint density at radius 3 is 2.05 bits per heavy atom. The van der Waals surface area contributed by atoms with Gasteiger partial charge in [-0.05, 0) is 6.42 Å². The highest BCUT2D eigenvalue weighted by atomic mass is 16.7. The molecule has 5 N–H and O–H groups in total. The number of aliphatic hydroxyl groups excluding tert-OH is 2. The van der Waals surface area contributed by atoms with E-state index < -0.39 is 55.0 Å². The summed E-state index contributed by atoms with van der Waals surface area (Å²) in [7, 11) is 2.98. The minimum absolute atomic E-state index is 0.0298. The van der Waals surface area contributed by atoms with Crippen molar-refractivity contribution in [3.63, 3.8) is 0 Å². The van der Waals surface area contributed by atoms with E-state index in [-0.39, 0.29) is 29.3 Å². The standard InChI is InChI=1S/C27H48N2O11/c1-15(30)29-20-17(6-16(23(33-4)22(20)32)7-35-9-26(2)11-37-12-26)39-24-18(8-36-10-27(3)13-38-14-27)40-25(34-5)19(28)21(24)31/h16-25,31-32H,6-14,28H2,1-5H3,(H,29,30). The Labute approximate surface area is 236 Å². The number of amides is 1. The van der Waals surface area contributed by atoms with E-state index in [9.17, 15) is 15.0 Å². The van der Waals surface area contributed by atoms with Gasteiger partial charge < -0.3 is 59.2 Å². The van der Waals surface area contributed by atoms with Crippen molar-refractivity contribution in [1.29, 1.82) is 0 Å². The zero-order valence-electron chi connectivity index (χ0n) is 24.3. The second kappa shape index (κ2) is 13.6. The summed E-state index contributed by atoms with van der Waals surface area (Å²) >= 11 is 0. The van der Waals surface area contributed by atoms with Crippen LogP contribution in [0.4, 0.5) is 0 Å². The van der Waals surface area contributed by atoms with Crippen molar-refractivity contribution in [2.75, 3.05) is 67.1 Å². The zero-order chi connectivity index (χ0) is 29.1. The number of nitrogens with two attached hydrogens (primary N) is 1. The van der Waals surface area contributed by atoms with Crippen molar-refractivity contribution >= 4 is 5.91 Å². The highest BCUT2D eigenvalue weighted by molar-refractivity contribution is 5.73. The molecule has 4 rings (SSSR count). The van der Waals surface area contributed by atoms with Gasteiger partial charge in [-0.2, -0.15) is 0 Å². The molecule has 3 aliphatic heterocycles. The van der Waals surface area contributed by atoms with E-state index in [4.69, 9.17) is 43.6 Å². The first kappa shape index (κ1) is 32.0. The van der Waals surface area contributed by atoms with Crippen molar-refractivity contribution in [2.45, 2.75) is 82.2 Å². The Hall–Kier alpha value is -0.970. The molecule has 0 aromatic carbocycles. The molecule has 13 nitrogen and oxygen atoms in total. The highest BCUT2D eigenvalue weighted by Crippen LogP contribution is 2.35. The molecular formula is C27H48N2O11. The third kappa shape index (κ3) is 7.32. The summed E-state index contributed by atoms with van der Waals surface area (Å²) < 4.78 is 46.3. The lowest BCUT2D eigenvalue weighted by atomic mass is 9.79. The number of hydrogen-bond acceptors (Lipinski definition) is 12. The van der Waals surface area contributed by atoms with Gasteiger partial charge in [-0.1, -0.05) is 13.8 Å². The monoisotopic (exact) mass is 576 g/mol. The molecular weight excluding hydrogens is 528 g/mol. The van der Waals surface area contributed by atoms with E-state index in [1.807, 2.05) is 0 Å². The zero-order valence-corrected chi connectivity index (χ0v) is 24.3. The summed E-state index contributed by atoms with van der Waals surface area (Å²) in [4.78, 5) is 12.1. The van der Waals surface area contributed by atoms with Crippen LogP contribution in [0.15, 0.2) is 0 Å². The van der Waals surface area contributed by atoms with Crippen LogP contribution in [-0.2, 0) is 42.7 Å². The van der Waals surface area contributed by atoms with Gasteiger partial charge in [0.15, 0.2) is 6.29 Å². The lowest BCUT2D eigenvalue weighted by Crippen LogP contribution is -2.67. The third-order valence-electron chi connectivity index (χ3n) is 8.35. The molecule has 3 heterocycles. The molecule has 0 bridgehead atoms. The minimum Gasteiger partial charge on any atom is -0.388 e. The van der Waals surface area contributed by atoms with E-state index in [1.54, 1.807) is 0 Å². The molecule has 10 unspecified atom stereocenters. The number of rotatable bonds is 13. The summed E-state index contributed by atoms with van der Waals surface area (Å²) in [5.74, 6) is -0.567. The molecule has 1 aliphatic carbocycles. The maximum absolute atomic E-state index is 12.1. The molecule has 1 amide bonds. The molecule has 0 aromatic rings. The van der Waals surface area contributed by atoms with Crippen LogP contribution in [0.25, 0.3) is 0 Å². The highest BCUT2D eigenvalue weighted by Gasteiger charge is 2.51. The lowest BCUT2D eigenvalue weighted by molar-refractivity contribution is -0.286. The number of methoxy groups -OCH3 is 2. The number of aliphatic hydroxyl groups is 2. The first-order valence-corrected chi connectivity index (χ1v) is 14.1. The van der Waals surface area contributed by atoms with Gasteiger partial charge in [0.25, 0.3) is 0 Å². The van der Waals surface area contributed by atoms with Gasteiger partial charge in [0, 0.05) is 37.9 Å². The fourth-order valence-electron chi connectivity index (χ4n) is 5.93. The summed E-state index contributed by atoms with van der Waals surface area (Å²) in [6.45, 7) is 9.47. The molecule has 0 radical (unpaired) electrons. The number of carbonyl (C=O) groups is 1. The van der Waals surface area contributed by atoms with Crippen LogP contribution in [0.1, 0.15) is 27.2 Å². The lowest BCUT2D eigenvalue weighted by Gasteiger charge is -2.48. The molecule has 13 heteroatoms. The first-order chi connectivity index (χ1) is 19.0. The van der Waals surface area contributed by atoms with Gasteiger partial charge in [0.2, 0.25) is 5.91 Å². The van der Waals surface area contributed by atoms with Crippen molar-refractivity contribution in [3.05, 3.63) is 0 Å². The summed E-state index contributed by atoms with van der Waals surface area (Å²) in [5, 5.41) is 25.4. The SMILES string of the molecule is COC1OC(COCC2(C)COC2)C(OC2CC(COCC3(C)COC3)C(OC)C(O)C2NC(C)=O)C(O)C1N. The van der Waals surface area contributed by atoms with E-state index in [1.165, 1.54) is 21.1 Å². The first-order valence-electron chi connectivity index (χ1n) is 14.1. The van der Waals surface area contributed by atoms with Gasteiger partial charge in [-0.15, -0.1) is 0 Å². The summed E-state index contributed by atoms with van der Waals surface area (Å²) in [5.41, 5.74) is 6.15. The van der Waals surface area contributed by atoms with Crippen LogP contribution in [0, 0.1) is 16.7 Å². The van der Waals surface area contributed by atoms with E-state index in [0.717, 1.165) is 0 Å². The Kier molecular flexibility index (Phi) is 10.8. The van der Waals surface area contributed by atoms with Crippen LogP contribution in [0.2, 0.25) is 0 Å². The predicted molar refractivity (Wildman–Crippen MR) is 140 cm³/mol. The Morgan fingerprint density at radius 1 is 0.950 bits per heavy atom. The number of hydrogen-bond donors (Lipinski definition) is 4. The number of carbonyl (C=O) groups excluding carboxylic acids is 1. The Morgan fingerprint density at radius 2 is 1.55 bits per heavy atom. The van der Waals surface area contributed by atoms with Gasteiger partial charge in [0.05, 0.1) is 77.1 Å². The molecule has 0 aromatic heterocycles. The molecule has 4 aliphatic rings. The fourth-order valence-corrected chi connectivity index (χ4v) is 5.93. The van der Waals surface area contributed by atoms with Gasteiger partial charge in [-0.3, -0.25) is 4.79 Å². The summed E-state index contributed by atoms with van der Waals surface area (Å²) in [6.07, 6.45) is -5.62. The molecule has 3 saturated heterocycles. The molecule has 40 heavy (non-hydrogen) atoms. The fraction of sp³-hybridized carbons (Fsp3) is 0.963. The van der Waals surface area contributed by atoms with Crippen LogP contribution in [-0.4, -0.2) is 138 Å². The topological polar surface area (TPSA) is 169 Å². The maximum Gasteiger partial charge on any atom is 0.217 e. The minimum atomic E-state index is -1.15. The van der Waals surface area contributed by atoms with E-state index in [2.05, 4.69) is 19.2 Å². The Bertz CT molecular complexity index is 826. The smallest absolute Gasteiger partial charge is 0.217 e. The average molecular weight is 577 g/mol. The third-order valence-corrected chi connectivity index (χ3v) is 8.35. The molecule has 4 fully saturated rings. The van der Waals surface area contributed by atoms with Crippen LogP contribution in [0.5, 0.6) is 0 Å². The molecule has 1 saturated carbocycles. The van der Waals surface area contributed by atoms with Crippen molar-refractivity contribution in [3.8, 4) is 0 Å². The Balaban J connectivity index is 1.49. The predicted octanol–water partition coefficient (Wildman–Crippen LogP) is -1.19. The van der Waals surface area contributed by atoms with E-state index >= 15 is 0 Å². The second-order valence-corrected chi connectivity index (χ2v) is 12.5. The number of ether oxygens (including phenoxy) is 8. The average Bonchev–Trinajstić information content (AvgIpc) is 2.87. The van der Waals surface area contributed by atoms with Gasteiger partial charge in [-0.25, -0.2) is 0 Å². The van der Waals surface area contributed by atoms with Crippen molar-refractivity contribution < 1.29 is 52.9 Å². The second-order valence-electron chi connectivity index (χ2n) is 12.5. The molecule has 232 valence electrons. The van der Waals surface area contributed by atoms with Crippen LogP contribution < -0.4 is 11.1 Å². The van der Waals surface area contributed by atoms with Crippen molar-refractivity contribution in [2.24, 2.45) is 22.5 Å². The van der Waals surface area contributed by atoms with Crippen LogP contribution in [0.3, 0.4) is 0 Å².